The standard InChI is InChI=1S/2C46H29N3O/c1-4-14-32(15-5-1)42-45-43(48-46(47-42)33-16-6-2-7-17-33)38-23-12-22-36(44(38)50-45)31-28-26-30(27-29-31)35-21-13-25-40-41(35)37-20-10-11-24-39(37)49(40)34-18-8-3-9-19-34;1-4-13-32(14-5-1)42-45-43(48-46(47-42)33-15-6-2-7-16-33)38-21-12-20-36(44(38)50-45)31-25-23-30(24-26-31)34-27-28-41-39(29-34)37-19-10-11-22-40(37)49(41)35-17-8-3-9-18-35/h2*1-29H. The highest BCUT2D eigenvalue weighted by molar-refractivity contribution is 6.17. The third-order valence-corrected chi connectivity index (χ3v) is 19.3. The van der Waals surface area contributed by atoms with Crippen molar-refractivity contribution in [2.45, 2.75) is 0 Å². The lowest BCUT2D eigenvalue weighted by atomic mass is 9.96. The van der Waals surface area contributed by atoms with E-state index in [1.807, 2.05) is 97.1 Å². The smallest absolute Gasteiger partial charge is 0.180 e. The topological polar surface area (TPSA) is 87.7 Å². The number of nitrogens with zero attached hydrogens (tertiary/aromatic N) is 6. The van der Waals surface area contributed by atoms with Gasteiger partial charge in [0.2, 0.25) is 0 Å². The van der Waals surface area contributed by atoms with Gasteiger partial charge >= 0.3 is 0 Å². The monoisotopic (exact) mass is 1280 g/mol. The van der Waals surface area contributed by atoms with Gasteiger partial charge in [0.1, 0.15) is 33.6 Å². The predicted octanol–water partition coefficient (Wildman–Crippen LogP) is 24.3. The first-order valence-corrected chi connectivity index (χ1v) is 33.7. The van der Waals surface area contributed by atoms with Crippen molar-refractivity contribution >= 4 is 87.7 Å². The minimum atomic E-state index is 0.678. The normalized spacial score (nSPS) is 11.6. The van der Waals surface area contributed by atoms with Gasteiger partial charge in [0.05, 0.1) is 22.1 Å². The van der Waals surface area contributed by atoms with Crippen LogP contribution in [0.4, 0.5) is 0 Å². The highest BCUT2D eigenvalue weighted by Crippen LogP contribution is 2.45. The Morgan fingerprint density at radius 3 is 1.06 bits per heavy atom. The predicted molar refractivity (Wildman–Crippen MR) is 411 cm³/mol. The molecular weight excluding hydrogens is 1220 g/mol. The summed E-state index contributed by atoms with van der Waals surface area (Å²) in [7, 11) is 0. The van der Waals surface area contributed by atoms with Gasteiger partial charge in [-0.1, -0.05) is 285 Å². The number of benzene rings is 14. The molecule has 20 rings (SSSR count). The fourth-order valence-electron chi connectivity index (χ4n) is 14.6. The Hall–Kier alpha value is -13.6. The van der Waals surface area contributed by atoms with Crippen molar-refractivity contribution in [3.05, 3.63) is 352 Å². The average molecular weight is 1280 g/mol. The summed E-state index contributed by atoms with van der Waals surface area (Å²) in [4.78, 5) is 20.2. The minimum Gasteiger partial charge on any atom is -0.451 e. The average Bonchev–Trinajstić information content (AvgIpc) is 1.61. The van der Waals surface area contributed by atoms with E-state index in [4.69, 9.17) is 28.8 Å². The summed E-state index contributed by atoms with van der Waals surface area (Å²) in [6, 6.07) is 123. The Kier molecular flexibility index (Phi) is 14.0. The highest BCUT2D eigenvalue weighted by atomic mass is 16.3. The lowest BCUT2D eigenvalue weighted by Crippen LogP contribution is -1.93. The number of aromatic nitrogens is 6. The lowest BCUT2D eigenvalue weighted by Gasteiger charge is -2.09. The third-order valence-electron chi connectivity index (χ3n) is 19.3. The zero-order chi connectivity index (χ0) is 66.0. The minimum absolute atomic E-state index is 0.678. The van der Waals surface area contributed by atoms with Crippen LogP contribution in [0.5, 0.6) is 0 Å². The number of hydrogen-bond donors (Lipinski definition) is 0. The Labute approximate surface area is 575 Å². The van der Waals surface area contributed by atoms with Crippen LogP contribution in [0.25, 0.3) is 189 Å². The highest BCUT2D eigenvalue weighted by Gasteiger charge is 2.24. The lowest BCUT2D eigenvalue weighted by molar-refractivity contribution is 0.668. The second-order valence-corrected chi connectivity index (χ2v) is 25.1. The molecule has 0 fully saturated rings. The van der Waals surface area contributed by atoms with Gasteiger partial charge in [-0.3, -0.25) is 0 Å². The summed E-state index contributed by atoms with van der Waals surface area (Å²) in [6.07, 6.45) is 0. The Morgan fingerprint density at radius 2 is 0.560 bits per heavy atom. The van der Waals surface area contributed by atoms with Gasteiger partial charge in [0, 0.05) is 77.1 Å². The zero-order valence-electron chi connectivity index (χ0n) is 54.0. The van der Waals surface area contributed by atoms with Gasteiger partial charge in [-0.05, 0) is 100 Å². The molecule has 0 aliphatic carbocycles. The van der Waals surface area contributed by atoms with E-state index in [2.05, 4.69) is 264 Å². The fourth-order valence-corrected chi connectivity index (χ4v) is 14.6. The number of furan rings is 2. The Morgan fingerprint density at radius 1 is 0.210 bits per heavy atom. The molecule has 8 nitrogen and oxygen atoms in total. The number of rotatable bonds is 10. The molecule has 0 radical (unpaired) electrons. The largest absolute Gasteiger partial charge is 0.451 e. The van der Waals surface area contributed by atoms with E-state index >= 15 is 0 Å². The third kappa shape index (κ3) is 9.92. The second-order valence-electron chi connectivity index (χ2n) is 25.1. The molecule has 468 valence electrons. The van der Waals surface area contributed by atoms with Gasteiger partial charge in [-0.2, -0.15) is 0 Å². The van der Waals surface area contributed by atoms with Crippen LogP contribution in [0.15, 0.2) is 361 Å². The summed E-state index contributed by atoms with van der Waals surface area (Å²) in [5, 5.41) is 6.91. The van der Waals surface area contributed by atoms with E-state index in [0.29, 0.717) is 22.8 Å². The van der Waals surface area contributed by atoms with E-state index in [1.165, 1.54) is 54.7 Å². The van der Waals surface area contributed by atoms with Gasteiger partial charge in [-0.25, -0.2) is 19.9 Å². The van der Waals surface area contributed by atoms with Crippen molar-refractivity contribution in [1.29, 1.82) is 0 Å². The van der Waals surface area contributed by atoms with Crippen LogP contribution in [0.1, 0.15) is 0 Å². The molecule has 0 aliphatic rings. The van der Waals surface area contributed by atoms with E-state index in [0.717, 1.165) is 111 Å². The van der Waals surface area contributed by atoms with Gasteiger partial charge < -0.3 is 18.0 Å². The first-order valence-electron chi connectivity index (χ1n) is 33.7. The van der Waals surface area contributed by atoms with Crippen molar-refractivity contribution < 1.29 is 8.83 Å². The molecule has 0 unspecified atom stereocenters. The summed E-state index contributed by atoms with van der Waals surface area (Å²) in [6.45, 7) is 0. The molecule has 0 bridgehead atoms. The fraction of sp³-hybridized carbons (Fsp3) is 0. The van der Waals surface area contributed by atoms with Crippen LogP contribution >= 0.6 is 0 Å². The van der Waals surface area contributed by atoms with Crippen molar-refractivity contribution in [2.75, 3.05) is 0 Å². The van der Waals surface area contributed by atoms with Crippen molar-refractivity contribution in [3.63, 3.8) is 0 Å². The summed E-state index contributed by atoms with van der Waals surface area (Å²) in [5.74, 6) is 1.36. The molecule has 0 aliphatic heterocycles. The number of hydrogen-bond acceptors (Lipinski definition) is 6. The van der Waals surface area contributed by atoms with E-state index in [-0.39, 0.29) is 0 Å². The summed E-state index contributed by atoms with van der Waals surface area (Å²) in [5.41, 5.74) is 26.1. The van der Waals surface area contributed by atoms with Crippen LogP contribution in [0, 0.1) is 0 Å². The molecule has 0 saturated carbocycles. The molecule has 6 heterocycles. The maximum absolute atomic E-state index is 6.75. The molecule has 0 spiro atoms. The molecular formula is C92H58N6O2. The van der Waals surface area contributed by atoms with E-state index < -0.39 is 0 Å². The van der Waals surface area contributed by atoms with Crippen LogP contribution in [0.2, 0.25) is 0 Å². The maximum Gasteiger partial charge on any atom is 0.180 e. The molecule has 0 amide bonds. The number of fused-ring (bicyclic) bond motifs is 12. The van der Waals surface area contributed by atoms with Crippen molar-refractivity contribution in [3.8, 4) is 101 Å². The van der Waals surface area contributed by atoms with Crippen LogP contribution in [-0.4, -0.2) is 29.1 Å². The molecule has 20 aromatic rings. The number of para-hydroxylation sites is 6. The second kappa shape index (κ2) is 24.3. The quantitative estimate of drug-likeness (QED) is 0.136. The molecule has 0 N–H and O–H groups in total. The Bertz CT molecular complexity index is 6470. The summed E-state index contributed by atoms with van der Waals surface area (Å²) < 4.78 is 18.2. The first-order chi connectivity index (χ1) is 49.6. The Balaban J connectivity index is 0.000000139. The molecule has 8 heteroatoms. The van der Waals surface area contributed by atoms with Crippen molar-refractivity contribution in [1.82, 2.24) is 29.1 Å². The SMILES string of the molecule is c1ccc(-c2nc(-c3ccccc3)c3oc4c(-c5ccc(-c6ccc7c(c6)c6ccccc6n7-c6ccccc6)cc5)cccc4c3n2)cc1.c1ccc(-c2nc(-c3ccccc3)c3oc4c(-c5ccc(-c6cccc7c6c6ccccc6n7-c6ccccc6)cc5)cccc4c3n2)cc1. The maximum atomic E-state index is 6.75. The van der Waals surface area contributed by atoms with Crippen LogP contribution < -0.4 is 0 Å². The van der Waals surface area contributed by atoms with E-state index in [9.17, 15) is 0 Å². The molecule has 6 aromatic heterocycles. The van der Waals surface area contributed by atoms with Gasteiger partial charge in [-0.15, -0.1) is 0 Å². The molecule has 0 saturated heterocycles. The van der Waals surface area contributed by atoms with Gasteiger partial charge in [0.15, 0.2) is 22.8 Å². The summed E-state index contributed by atoms with van der Waals surface area (Å²) >= 11 is 0. The van der Waals surface area contributed by atoms with Crippen LogP contribution in [-0.2, 0) is 0 Å². The van der Waals surface area contributed by atoms with Crippen molar-refractivity contribution in [2.24, 2.45) is 0 Å². The first kappa shape index (κ1) is 57.9. The molecule has 0 atom stereocenters. The van der Waals surface area contributed by atoms with Gasteiger partial charge in [0.25, 0.3) is 0 Å². The van der Waals surface area contributed by atoms with E-state index in [1.54, 1.807) is 0 Å². The molecule has 14 aromatic carbocycles. The molecule has 100 heavy (non-hydrogen) atoms. The van der Waals surface area contributed by atoms with Crippen LogP contribution in [0.3, 0.4) is 0 Å². The zero-order valence-corrected chi connectivity index (χ0v) is 54.0.